The molecule has 0 aromatic carbocycles. The summed E-state index contributed by atoms with van der Waals surface area (Å²) in [6, 6.07) is 2.73. The molecule has 1 N–H and O–H groups in total. The van der Waals surface area contributed by atoms with Crippen molar-refractivity contribution in [2.24, 2.45) is 0 Å². The molecule has 0 spiro atoms. The van der Waals surface area contributed by atoms with Gasteiger partial charge >= 0.3 is 5.88 Å². The third-order valence-corrected chi connectivity index (χ3v) is 3.56. The maximum Gasteiger partial charge on any atom is 0.433 e. The van der Waals surface area contributed by atoms with Crippen LogP contribution in [0.1, 0.15) is 12.8 Å². The predicted octanol–water partition coefficient (Wildman–Crippen LogP) is 1.79. The predicted molar refractivity (Wildman–Crippen MR) is 83.7 cm³/mol. The molecule has 128 valence electrons. The van der Waals surface area contributed by atoms with Gasteiger partial charge in [-0.15, -0.1) is 0 Å². The highest BCUT2D eigenvalue weighted by Crippen LogP contribution is 2.23. The number of hydrogen-bond acceptors (Lipinski definition) is 8. The van der Waals surface area contributed by atoms with E-state index in [2.05, 4.69) is 15.3 Å². The molecule has 3 heterocycles. The van der Waals surface area contributed by atoms with Crippen LogP contribution in [0.5, 0.6) is 5.75 Å². The first-order valence-electron chi connectivity index (χ1n) is 7.74. The minimum absolute atomic E-state index is 0.242. The second-order valence-corrected chi connectivity index (χ2v) is 5.32. The van der Waals surface area contributed by atoms with E-state index < -0.39 is 4.92 Å². The fraction of sp³-hybridized carbons (Fsp3) is 0.467. The highest BCUT2D eigenvalue weighted by Gasteiger charge is 2.15. The topological polar surface area (TPSA) is 113 Å². The molecule has 1 fully saturated rings. The highest BCUT2D eigenvalue weighted by atomic mass is 16.6. The number of nitro groups is 1. The number of hydrogen-bond donors (Lipinski definition) is 1. The van der Waals surface area contributed by atoms with Crippen LogP contribution in [0.3, 0.4) is 0 Å². The smallest absolute Gasteiger partial charge is 0.433 e. The molecule has 0 bridgehead atoms. The summed E-state index contributed by atoms with van der Waals surface area (Å²) in [7, 11) is 0. The Hall–Kier alpha value is -2.52. The molecule has 0 saturated carbocycles. The molecule has 0 radical (unpaired) electrons. The monoisotopic (exact) mass is 334 g/mol. The van der Waals surface area contributed by atoms with E-state index in [0.717, 1.165) is 26.0 Å². The Morgan fingerprint density at radius 2 is 2.21 bits per heavy atom. The SMILES string of the molecule is O=[N+]([O-])c1ccc(-c2ncc(OCCNCC3CCCO3)cn2)o1. The van der Waals surface area contributed by atoms with Gasteiger partial charge in [0.05, 0.1) is 24.6 Å². The van der Waals surface area contributed by atoms with E-state index in [0.29, 0.717) is 25.0 Å². The van der Waals surface area contributed by atoms with Crippen LogP contribution >= 0.6 is 0 Å². The molecule has 0 amide bonds. The number of rotatable bonds is 8. The van der Waals surface area contributed by atoms with E-state index in [4.69, 9.17) is 13.9 Å². The van der Waals surface area contributed by atoms with Gasteiger partial charge in [0.1, 0.15) is 11.5 Å². The van der Waals surface area contributed by atoms with Gasteiger partial charge in [0, 0.05) is 19.7 Å². The largest absolute Gasteiger partial charge is 0.489 e. The van der Waals surface area contributed by atoms with E-state index in [1.165, 1.54) is 24.5 Å². The van der Waals surface area contributed by atoms with Crippen LogP contribution in [-0.2, 0) is 4.74 Å². The molecule has 2 aromatic heterocycles. The Labute approximate surface area is 138 Å². The Balaban J connectivity index is 1.43. The van der Waals surface area contributed by atoms with Crippen molar-refractivity contribution >= 4 is 5.88 Å². The molecule has 1 atom stereocenters. The van der Waals surface area contributed by atoms with Gasteiger partial charge in [-0.3, -0.25) is 10.1 Å². The van der Waals surface area contributed by atoms with Gasteiger partial charge in [-0.2, -0.15) is 0 Å². The van der Waals surface area contributed by atoms with Gasteiger partial charge in [-0.05, 0) is 18.9 Å². The lowest BCUT2D eigenvalue weighted by atomic mass is 10.2. The van der Waals surface area contributed by atoms with Crippen molar-refractivity contribution in [3.63, 3.8) is 0 Å². The Morgan fingerprint density at radius 1 is 1.38 bits per heavy atom. The number of aromatic nitrogens is 2. The van der Waals surface area contributed by atoms with E-state index in [9.17, 15) is 10.1 Å². The summed E-state index contributed by atoms with van der Waals surface area (Å²) in [5.41, 5.74) is 0. The lowest BCUT2D eigenvalue weighted by Crippen LogP contribution is -2.29. The molecule has 9 heteroatoms. The number of nitrogens with one attached hydrogen (secondary N) is 1. The van der Waals surface area contributed by atoms with Crippen LogP contribution in [0.15, 0.2) is 28.9 Å². The third-order valence-electron chi connectivity index (χ3n) is 3.56. The van der Waals surface area contributed by atoms with Crippen molar-refractivity contribution in [1.29, 1.82) is 0 Å². The minimum Gasteiger partial charge on any atom is -0.489 e. The first kappa shape index (κ1) is 16.3. The first-order valence-corrected chi connectivity index (χ1v) is 7.74. The quantitative estimate of drug-likeness (QED) is 0.442. The van der Waals surface area contributed by atoms with Gasteiger partial charge in [0.25, 0.3) is 0 Å². The van der Waals surface area contributed by atoms with Crippen LogP contribution in [-0.4, -0.2) is 47.3 Å². The van der Waals surface area contributed by atoms with Crippen molar-refractivity contribution in [3.8, 4) is 17.3 Å². The lowest BCUT2D eigenvalue weighted by molar-refractivity contribution is -0.401. The van der Waals surface area contributed by atoms with Crippen molar-refractivity contribution < 1.29 is 18.8 Å². The normalized spacial score (nSPS) is 17.1. The van der Waals surface area contributed by atoms with E-state index in [1.54, 1.807) is 0 Å². The zero-order chi connectivity index (χ0) is 16.8. The van der Waals surface area contributed by atoms with Crippen molar-refractivity contribution in [3.05, 3.63) is 34.6 Å². The minimum atomic E-state index is -0.607. The fourth-order valence-electron chi connectivity index (χ4n) is 2.37. The third kappa shape index (κ3) is 4.27. The van der Waals surface area contributed by atoms with E-state index in [-0.39, 0.29) is 17.5 Å². The average Bonchev–Trinajstić information content (AvgIpc) is 3.27. The van der Waals surface area contributed by atoms with Crippen molar-refractivity contribution in [1.82, 2.24) is 15.3 Å². The van der Waals surface area contributed by atoms with Crippen LogP contribution < -0.4 is 10.1 Å². The molecule has 0 aliphatic carbocycles. The molecule has 1 aliphatic heterocycles. The highest BCUT2D eigenvalue weighted by molar-refractivity contribution is 5.48. The number of furan rings is 1. The molecule has 1 saturated heterocycles. The maximum atomic E-state index is 10.6. The van der Waals surface area contributed by atoms with Gasteiger partial charge in [-0.1, -0.05) is 0 Å². The van der Waals surface area contributed by atoms with Gasteiger partial charge in [-0.25, -0.2) is 9.97 Å². The van der Waals surface area contributed by atoms with Crippen molar-refractivity contribution in [2.75, 3.05) is 26.3 Å². The Kier molecular flexibility index (Phi) is 5.34. The zero-order valence-corrected chi connectivity index (χ0v) is 13.0. The second kappa shape index (κ2) is 7.84. The first-order chi connectivity index (χ1) is 11.7. The van der Waals surface area contributed by atoms with Crippen LogP contribution in [0.2, 0.25) is 0 Å². The summed E-state index contributed by atoms with van der Waals surface area (Å²) in [5, 5.41) is 13.9. The molecule has 2 aromatic rings. The molecule has 1 aliphatic rings. The molecule has 24 heavy (non-hydrogen) atoms. The van der Waals surface area contributed by atoms with Gasteiger partial charge in [0.2, 0.25) is 0 Å². The van der Waals surface area contributed by atoms with E-state index in [1.807, 2.05) is 0 Å². The number of ether oxygens (including phenoxy) is 2. The van der Waals surface area contributed by atoms with Gasteiger partial charge in [0.15, 0.2) is 17.3 Å². The van der Waals surface area contributed by atoms with Crippen LogP contribution in [0, 0.1) is 10.1 Å². The Bertz CT molecular complexity index is 667. The molecular weight excluding hydrogens is 316 g/mol. The van der Waals surface area contributed by atoms with Crippen molar-refractivity contribution in [2.45, 2.75) is 18.9 Å². The van der Waals surface area contributed by atoms with E-state index >= 15 is 0 Å². The van der Waals surface area contributed by atoms with Crippen LogP contribution in [0.25, 0.3) is 11.6 Å². The lowest BCUT2D eigenvalue weighted by Gasteiger charge is -2.11. The van der Waals surface area contributed by atoms with Crippen LogP contribution in [0.4, 0.5) is 5.88 Å². The molecule has 3 rings (SSSR count). The summed E-state index contributed by atoms with van der Waals surface area (Å²) < 4.78 is 16.1. The average molecular weight is 334 g/mol. The fourth-order valence-corrected chi connectivity index (χ4v) is 2.37. The maximum absolute atomic E-state index is 10.6. The van der Waals surface area contributed by atoms with Gasteiger partial charge < -0.3 is 19.2 Å². The summed E-state index contributed by atoms with van der Waals surface area (Å²) in [5.74, 6) is 0.698. The molecule has 9 nitrogen and oxygen atoms in total. The zero-order valence-electron chi connectivity index (χ0n) is 13.0. The summed E-state index contributed by atoms with van der Waals surface area (Å²) in [4.78, 5) is 18.2. The number of nitrogens with zero attached hydrogens (tertiary/aromatic N) is 3. The molecule has 1 unspecified atom stereocenters. The summed E-state index contributed by atoms with van der Waals surface area (Å²) in [6.07, 6.45) is 5.57. The Morgan fingerprint density at radius 3 is 2.88 bits per heavy atom. The summed E-state index contributed by atoms with van der Waals surface area (Å²) in [6.45, 7) is 2.87. The standard InChI is InChI=1S/C15H18N4O5/c20-19(21)14-4-3-13(24-14)15-17-9-12(10-18-15)23-7-5-16-8-11-2-1-6-22-11/h3-4,9-11,16H,1-2,5-8H2. The summed E-state index contributed by atoms with van der Waals surface area (Å²) >= 11 is 0. The molecular formula is C15H18N4O5. The second-order valence-electron chi connectivity index (χ2n) is 5.32.